The molecule has 0 aliphatic heterocycles. The van der Waals surface area contributed by atoms with E-state index in [4.69, 9.17) is 0 Å². The van der Waals surface area contributed by atoms with Crippen LogP contribution in [0, 0.1) is 17.0 Å². The van der Waals surface area contributed by atoms with Crippen molar-refractivity contribution in [3.8, 4) is 0 Å². The highest BCUT2D eigenvalue weighted by atomic mass is 16.6. The van der Waals surface area contributed by atoms with Crippen molar-refractivity contribution in [2.75, 3.05) is 0 Å². The van der Waals surface area contributed by atoms with Crippen molar-refractivity contribution >= 4 is 22.4 Å². The van der Waals surface area contributed by atoms with Crippen molar-refractivity contribution in [1.29, 1.82) is 0 Å². The number of carbonyl (C=O) groups excluding carboxylic acids is 1. The fourth-order valence-corrected chi connectivity index (χ4v) is 2.36. The molecule has 0 fully saturated rings. The second kappa shape index (κ2) is 4.86. The molecule has 2 aromatic carbocycles. The molecule has 0 aliphatic carbocycles. The number of aromatic nitrogens is 1. The molecule has 1 aromatic heterocycles. The Kier molecular flexibility index (Phi) is 3.02. The molecule has 1 heterocycles. The topological polar surface area (TPSA) is 76.0 Å². The predicted molar refractivity (Wildman–Crippen MR) is 79.6 cm³/mol. The van der Waals surface area contributed by atoms with Crippen LogP contribution in [-0.4, -0.2) is 15.7 Å². The van der Waals surface area contributed by atoms with Gasteiger partial charge < -0.3 is 4.98 Å². The lowest BCUT2D eigenvalue weighted by molar-refractivity contribution is -0.383. The Balaban J connectivity index is 2.18. The Hall–Kier alpha value is -2.95. The minimum Gasteiger partial charge on any atom is -0.360 e. The lowest BCUT2D eigenvalue weighted by Crippen LogP contribution is -2.01. The van der Waals surface area contributed by atoms with Gasteiger partial charge in [0.05, 0.1) is 21.4 Å². The molecule has 0 aliphatic rings. The van der Waals surface area contributed by atoms with Crippen LogP contribution in [0.2, 0.25) is 0 Å². The lowest BCUT2D eigenvalue weighted by Gasteiger charge is -2.01. The first-order valence-electron chi connectivity index (χ1n) is 6.44. The molecule has 5 heteroatoms. The first-order valence-corrected chi connectivity index (χ1v) is 6.44. The Morgan fingerprint density at radius 3 is 2.52 bits per heavy atom. The normalized spacial score (nSPS) is 10.7. The van der Waals surface area contributed by atoms with E-state index >= 15 is 0 Å². The van der Waals surface area contributed by atoms with E-state index in [1.807, 2.05) is 19.1 Å². The minimum atomic E-state index is -0.470. The Bertz CT molecular complexity index is 848. The number of hydrogen-bond acceptors (Lipinski definition) is 3. The van der Waals surface area contributed by atoms with E-state index in [1.54, 1.807) is 24.3 Å². The van der Waals surface area contributed by atoms with Crippen molar-refractivity contribution in [1.82, 2.24) is 4.98 Å². The van der Waals surface area contributed by atoms with E-state index in [-0.39, 0.29) is 11.5 Å². The summed E-state index contributed by atoms with van der Waals surface area (Å²) in [6.45, 7) is 1.94. The monoisotopic (exact) mass is 280 g/mol. The number of fused-ring (bicyclic) bond motifs is 1. The van der Waals surface area contributed by atoms with Gasteiger partial charge in [-0.2, -0.15) is 0 Å². The van der Waals surface area contributed by atoms with E-state index in [1.165, 1.54) is 12.3 Å². The van der Waals surface area contributed by atoms with Gasteiger partial charge in [-0.3, -0.25) is 14.9 Å². The van der Waals surface area contributed by atoms with Crippen LogP contribution in [0.3, 0.4) is 0 Å². The van der Waals surface area contributed by atoms with Gasteiger partial charge in [-0.05, 0) is 13.0 Å². The third kappa shape index (κ3) is 2.18. The van der Waals surface area contributed by atoms with Gasteiger partial charge in [0.1, 0.15) is 0 Å². The van der Waals surface area contributed by atoms with E-state index in [9.17, 15) is 14.9 Å². The summed E-state index contributed by atoms with van der Waals surface area (Å²) < 4.78 is 0. The summed E-state index contributed by atoms with van der Waals surface area (Å²) in [6.07, 6.45) is 1.53. The van der Waals surface area contributed by atoms with Gasteiger partial charge in [0.2, 0.25) is 0 Å². The van der Waals surface area contributed by atoms with E-state index < -0.39 is 4.92 Å². The molecular weight excluding hydrogens is 268 g/mol. The quantitative estimate of drug-likeness (QED) is 0.452. The average molecular weight is 280 g/mol. The SMILES string of the molecule is Cc1ccc(C(=O)c2c[nH]c3cccc([N+](=O)[O-])c23)cc1. The molecule has 0 spiro atoms. The highest BCUT2D eigenvalue weighted by molar-refractivity contribution is 6.18. The number of rotatable bonds is 3. The molecule has 3 rings (SSSR count). The number of nitro benzene ring substituents is 1. The van der Waals surface area contributed by atoms with Crippen LogP contribution >= 0.6 is 0 Å². The van der Waals surface area contributed by atoms with Crippen molar-refractivity contribution < 1.29 is 9.72 Å². The van der Waals surface area contributed by atoms with Gasteiger partial charge in [-0.15, -0.1) is 0 Å². The molecule has 0 unspecified atom stereocenters. The first kappa shape index (κ1) is 13.1. The van der Waals surface area contributed by atoms with Gasteiger partial charge >= 0.3 is 0 Å². The van der Waals surface area contributed by atoms with Gasteiger partial charge in [0.25, 0.3) is 5.69 Å². The Labute approximate surface area is 120 Å². The van der Waals surface area contributed by atoms with Crippen molar-refractivity contribution in [3.63, 3.8) is 0 Å². The Morgan fingerprint density at radius 1 is 1.14 bits per heavy atom. The summed E-state index contributed by atoms with van der Waals surface area (Å²) in [5.74, 6) is -0.226. The standard InChI is InChI=1S/C16H12N2O3/c1-10-5-7-11(8-6-10)16(19)12-9-17-13-3-2-4-14(15(12)13)18(20)21/h2-9,17H,1H3. The fraction of sp³-hybridized carbons (Fsp3) is 0.0625. The highest BCUT2D eigenvalue weighted by Crippen LogP contribution is 2.29. The summed E-state index contributed by atoms with van der Waals surface area (Å²) in [5.41, 5.74) is 2.40. The number of aromatic amines is 1. The molecule has 0 saturated carbocycles. The fourth-order valence-electron chi connectivity index (χ4n) is 2.36. The van der Waals surface area contributed by atoms with Crippen molar-refractivity contribution in [2.24, 2.45) is 0 Å². The summed E-state index contributed by atoms with van der Waals surface area (Å²) >= 11 is 0. The van der Waals surface area contributed by atoms with Crippen LogP contribution in [0.25, 0.3) is 10.9 Å². The highest BCUT2D eigenvalue weighted by Gasteiger charge is 2.21. The summed E-state index contributed by atoms with van der Waals surface area (Å²) in [5, 5.41) is 11.5. The second-order valence-electron chi connectivity index (χ2n) is 4.85. The number of nitrogens with zero attached hydrogens (tertiary/aromatic N) is 1. The number of ketones is 1. The van der Waals surface area contributed by atoms with Gasteiger partial charge in [-0.25, -0.2) is 0 Å². The molecular formula is C16H12N2O3. The van der Waals surface area contributed by atoms with Gasteiger partial charge in [-0.1, -0.05) is 35.9 Å². The van der Waals surface area contributed by atoms with Gasteiger partial charge in [0.15, 0.2) is 5.78 Å². The number of non-ortho nitro benzene ring substituents is 1. The average Bonchev–Trinajstić information content (AvgIpc) is 2.91. The predicted octanol–water partition coefficient (Wildman–Crippen LogP) is 3.62. The first-order chi connectivity index (χ1) is 10.1. The van der Waals surface area contributed by atoms with Crippen LogP contribution < -0.4 is 0 Å². The molecule has 0 bridgehead atoms. The molecule has 0 saturated heterocycles. The van der Waals surface area contributed by atoms with Crippen LogP contribution in [0.15, 0.2) is 48.7 Å². The summed E-state index contributed by atoms with van der Waals surface area (Å²) in [6, 6.07) is 11.9. The second-order valence-corrected chi connectivity index (χ2v) is 4.85. The molecule has 5 nitrogen and oxygen atoms in total. The number of nitrogens with one attached hydrogen (secondary N) is 1. The zero-order valence-corrected chi connectivity index (χ0v) is 11.3. The number of carbonyl (C=O) groups is 1. The molecule has 3 aromatic rings. The lowest BCUT2D eigenvalue weighted by atomic mass is 10.0. The molecule has 0 amide bonds. The van der Waals surface area contributed by atoms with E-state index in [2.05, 4.69) is 4.98 Å². The smallest absolute Gasteiger partial charge is 0.279 e. The Morgan fingerprint density at radius 2 is 1.86 bits per heavy atom. The largest absolute Gasteiger partial charge is 0.360 e. The van der Waals surface area contributed by atoms with Gasteiger partial charge in [0, 0.05) is 17.8 Å². The molecule has 1 N–H and O–H groups in total. The van der Waals surface area contributed by atoms with Crippen LogP contribution in [-0.2, 0) is 0 Å². The maximum Gasteiger partial charge on any atom is 0.279 e. The minimum absolute atomic E-state index is 0.0655. The van der Waals surface area contributed by atoms with Crippen molar-refractivity contribution in [3.05, 3.63) is 75.5 Å². The van der Waals surface area contributed by atoms with E-state index in [0.29, 0.717) is 22.0 Å². The number of benzene rings is 2. The third-order valence-corrected chi connectivity index (χ3v) is 3.44. The third-order valence-electron chi connectivity index (χ3n) is 3.44. The van der Waals surface area contributed by atoms with Crippen LogP contribution in [0.4, 0.5) is 5.69 Å². The maximum absolute atomic E-state index is 12.6. The summed E-state index contributed by atoms with van der Waals surface area (Å²) in [7, 11) is 0. The molecule has 104 valence electrons. The number of aryl methyl sites for hydroxylation is 1. The number of hydrogen-bond donors (Lipinski definition) is 1. The zero-order valence-electron chi connectivity index (χ0n) is 11.3. The number of nitro groups is 1. The van der Waals surface area contributed by atoms with Crippen LogP contribution in [0.1, 0.15) is 21.5 Å². The zero-order chi connectivity index (χ0) is 15.0. The summed E-state index contributed by atoms with van der Waals surface area (Å²) in [4.78, 5) is 26.2. The van der Waals surface area contributed by atoms with Crippen LogP contribution in [0.5, 0.6) is 0 Å². The van der Waals surface area contributed by atoms with Crippen molar-refractivity contribution in [2.45, 2.75) is 6.92 Å². The molecule has 21 heavy (non-hydrogen) atoms. The molecule has 0 radical (unpaired) electrons. The van der Waals surface area contributed by atoms with E-state index in [0.717, 1.165) is 5.56 Å². The number of H-pyrrole nitrogens is 1. The maximum atomic E-state index is 12.6. The molecule has 0 atom stereocenters.